The predicted octanol–water partition coefficient (Wildman–Crippen LogP) is 2.26. The lowest BCUT2D eigenvalue weighted by Gasteiger charge is -2.17. The van der Waals surface area contributed by atoms with E-state index in [1.807, 2.05) is 0 Å². The zero-order valence-electron chi connectivity index (χ0n) is 10.2. The Balaban J connectivity index is 1.64. The van der Waals surface area contributed by atoms with Crippen molar-refractivity contribution in [1.29, 1.82) is 0 Å². The third-order valence-corrected chi connectivity index (χ3v) is 4.11. The zero-order chi connectivity index (χ0) is 12.5. The number of hydrogen-bond acceptors (Lipinski definition) is 5. The Hall–Kier alpha value is -1.07. The second-order valence-corrected chi connectivity index (χ2v) is 5.66. The van der Waals surface area contributed by atoms with Crippen LogP contribution in [0.3, 0.4) is 0 Å². The largest absolute Gasteiger partial charge is 0.368 e. The molecule has 6 heteroatoms. The zero-order valence-corrected chi connectivity index (χ0v) is 11.0. The summed E-state index contributed by atoms with van der Waals surface area (Å²) in [5.41, 5.74) is 2.43. The van der Waals surface area contributed by atoms with Crippen LogP contribution in [0.1, 0.15) is 25.7 Å². The van der Waals surface area contributed by atoms with Gasteiger partial charge >= 0.3 is 0 Å². The van der Waals surface area contributed by atoms with Crippen LogP contribution in [0.25, 0.3) is 0 Å². The Morgan fingerprint density at radius 2 is 2.00 bits per heavy atom. The van der Waals surface area contributed by atoms with Crippen LogP contribution in [0, 0.1) is 17.8 Å². The van der Waals surface area contributed by atoms with Crippen LogP contribution in [-0.4, -0.2) is 16.5 Å². The summed E-state index contributed by atoms with van der Waals surface area (Å²) in [6.07, 6.45) is 7.10. The van der Waals surface area contributed by atoms with Gasteiger partial charge in [-0.1, -0.05) is 11.6 Å². The van der Waals surface area contributed by atoms with E-state index >= 15 is 0 Å². The monoisotopic (exact) mass is 267 g/mol. The number of nitrogens with one attached hydrogen (secondary N) is 2. The standard InChI is InChI=1S/C12H18ClN5/c13-10-6-16-12(18-14)17-11(10)15-5-9(7-1-2-7)8-3-4-8/h6-9H,1-5,14H2,(H2,15,16,17,18). The Morgan fingerprint density at radius 1 is 1.33 bits per heavy atom. The highest BCUT2D eigenvalue weighted by Crippen LogP contribution is 2.49. The third kappa shape index (κ3) is 2.67. The molecule has 3 rings (SSSR count). The van der Waals surface area contributed by atoms with E-state index in [0.717, 1.165) is 24.3 Å². The second-order valence-electron chi connectivity index (χ2n) is 5.25. The van der Waals surface area contributed by atoms with Crippen molar-refractivity contribution >= 4 is 23.4 Å². The molecular formula is C12H18ClN5. The lowest BCUT2D eigenvalue weighted by atomic mass is 9.98. The van der Waals surface area contributed by atoms with Crippen LogP contribution in [0.15, 0.2) is 6.20 Å². The van der Waals surface area contributed by atoms with Crippen LogP contribution >= 0.6 is 11.6 Å². The Morgan fingerprint density at radius 3 is 2.56 bits per heavy atom. The molecule has 98 valence electrons. The number of aromatic nitrogens is 2. The van der Waals surface area contributed by atoms with Crippen molar-refractivity contribution in [3.63, 3.8) is 0 Å². The molecule has 18 heavy (non-hydrogen) atoms. The first-order valence-electron chi connectivity index (χ1n) is 6.51. The van der Waals surface area contributed by atoms with Crippen molar-refractivity contribution in [2.45, 2.75) is 25.7 Å². The van der Waals surface area contributed by atoms with Gasteiger partial charge in [-0.3, -0.25) is 5.43 Å². The first-order chi connectivity index (χ1) is 8.78. The van der Waals surface area contributed by atoms with E-state index in [1.165, 1.54) is 25.7 Å². The predicted molar refractivity (Wildman–Crippen MR) is 72.3 cm³/mol. The highest BCUT2D eigenvalue weighted by atomic mass is 35.5. The molecule has 0 amide bonds. The van der Waals surface area contributed by atoms with E-state index in [0.29, 0.717) is 16.8 Å². The second kappa shape index (κ2) is 4.90. The summed E-state index contributed by atoms with van der Waals surface area (Å²) in [6.45, 7) is 0.954. The lowest BCUT2D eigenvalue weighted by molar-refractivity contribution is 0.427. The summed E-state index contributed by atoms with van der Waals surface area (Å²) in [7, 11) is 0. The Labute approximate surface area is 111 Å². The summed E-state index contributed by atoms with van der Waals surface area (Å²) >= 11 is 6.07. The van der Waals surface area contributed by atoms with Gasteiger partial charge in [0.25, 0.3) is 0 Å². The number of nitrogen functional groups attached to an aromatic ring is 1. The van der Waals surface area contributed by atoms with Crippen molar-refractivity contribution in [2.24, 2.45) is 23.6 Å². The average molecular weight is 268 g/mol. The van der Waals surface area contributed by atoms with Gasteiger partial charge in [0, 0.05) is 6.54 Å². The molecule has 0 radical (unpaired) electrons. The first-order valence-corrected chi connectivity index (χ1v) is 6.88. The molecule has 2 aliphatic rings. The Kier molecular flexibility index (Phi) is 3.26. The number of hydrogen-bond donors (Lipinski definition) is 3. The molecule has 0 aromatic carbocycles. The van der Waals surface area contributed by atoms with Crippen LogP contribution in [-0.2, 0) is 0 Å². The van der Waals surface area contributed by atoms with E-state index in [2.05, 4.69) is 20.7 Å². The van der Waals surface area contributed by atoms with Gasteiger partial charge in [0.1, 0.15) is 5.02 Å². The van der Waals surface area contributed by atoms with Crippen LogP contribution in [0.4, 0.5) is 11.8 Å². The minimum Gasteiger partial charge on any atom is -0.368 e. The molecular weight excluding hydrogens is 250 g/mol. The fourth-order valence-electron chi connectivity index (χ4n) is 2.54. The summed E-state index contributed by atoms with van der Waals surface area (Å²) < 4.78 is 0. The van der Waals surface area contributed by atoms with Gasteiger partial charge in [-0.2, -0.15) is 4.98 Å². The molecule has 0 unspecified atom stereocenters. The van der Waals surface area contributed by atoms with Gasteiger partial charge in [-0.25, -0.2) is 10.8 Å². The number of nitrogens with zero attached hydrogens (tertiary/aromatic N) is 2. The quantitative estimate of drug-likeness (QED) is 0.544. The number of nitrogens with two attached hydrogens (primary N) is 1. The molecule has 5 nitrogen and oxygen atoms in total. The van der Waals surface area contributed by atoms with E-state index in [4.69, 9.17) is 17.4 Å². The van der Waals surface area contributed by atoms with Crippen LogP contribution in [0.5, 0.6) is 0 Å². The minimum absolute atomic E-state index is 0.385. The summed E-state index contributed by atoms with van der Waals surface area (Å²) in [5.74, 6) is 8.96. The van der Waals surface area contributed by atoms with Crippen molar-refractivity contribution in [3.05, 3.63) is 11.2 Å². The van der Waals surface area contributed by atoms with Gasteiger partial charge in [-0.05, 0) is 43.4 Å². The van der Waals surface area contributed by atoms with Crippen molar-refractivity contribution in [1.82, 2.24) is 9.97 Å². The van der Waals surface area contributed by atoms with E-state index in [-0.39, 0.29) is 0 Å². The molecule has 1 aromatic heterocycles. The normalized spacial score (nSPS) is 19.1. The average Bonchev–Trinajstić information content (AvgIpc) is 3.25. The minimum atomic E-state index is 0.385. The number of hydrazine groups is 1. The van der Waals surface area contributed by atoms with Gasteiger partial charge in [0.2, 0.25) is 5.95 Å². The summed E-state index contributed by atoms with van der Waals surface area (Å²) in [4.78, 5) is 8.19. The van der Waals surface area contributed by atoms with Crippen LogP contribution in [0.2, 0.25) is 5.02 Å². The molecule has 0 bridgehead atoms. The highest BCUT2D eigenvalue weighted by molar-refractivity contribution is 6.32. The molecule has 0 spiro atoms. The van der Waals surface area contributed by atoms with E-state index in [1.54, 1.807) is 6.20 Å². The van der Waals surface area contributed by atoms with Gasteiger partial charge in [0.15, 0.2) is 5.82 Å². The molecule has 0 saturated heterocycles. The molecule has 1 heterocycles. The maximum absolute atomic E-state index is 6.07. The maximum Gasteiger partial charge on any atom is 0.239 e. The molecule has 2 saturated carbocycles. The summed E-state index contributed by atoms with van der Waals surface area (Å²) in [6, 6.07) is 0. The maximum atomic E-state index is 6.07. The van der Waals surface area contributed by atoms with E-state index in [9.17, 15) is 0 Å². The molecule has 1 aromatic rings. The number of halogens is 1. The molecule has 2 aliphatic carbocycles. The number of rotatable bonds is 6. The fourth-order valence-corrected chi connectivity index (χ4v) is 2.70. The fraction of sp³-hybridized carbons (Fsp3) is 0.667. The summed E-state index contributed by atoms with van der Waals surface area (Å²) in [5, 5.41) is 3.89. The third-order valence-electron chi connectivity index (χ3n) is 3.83. The van der Waals surface area contributed by atoms with E-state index < -0.39 is 0 Å². The highest BCUT2D eigenvalue weighted by Gasteiger charge is 2.41. The molecule has 0 atom stereocenters. The molecule has 4 N–H and O–H groups in total. The Bertz CT molecular complexity index is 418. The van der Waals surface area contributed by atoms with Crippen molar-refractivity contribution in [3.8, 4) is 0 Å². The topological polar surface area (TPSA) is 75.9 Å². The smallest absolute Gasteiger partial charge is 0.239 e. The number of anilines is 2. The van der Waals surface area contributed by atoms with Gasteiger partial charge in [-0.15, -0.1) is 0 Å². The molecule has 2 fully saturated rings. The van der Waals surface area contributed by atoms with Crippen LogP contribution < -0.4 is 16.6 Å². The van der Waals surface area contributed by atoms with Crippen molar-refractivity contribution in [2.75, 3.05) is 17.3 Å². The van der Waals surface area contributed by atoms with Gasteiger partial charge < -0.3 is 5.32 Å². The lowest BCUT2D eigenvalue weighted by Crippen LogP contribution is -2.19. The van der Waals surface area contributed by atoms with Crippen molar-refractivity contribution < 1.29 is 0 Å². The molecule has 0 aliphatic heterocycles. The SMILES string of the molecule is NNc1ncc(Cl)c(NCC(C2CC2)C2CC2)n1. The van der Waals surface area contributed by atoms with Gasteiger partial charge in [0.05, 0.1) is 6.20 Å². The first kappa shape index (κ1) is 12.0.